The van der Waals surface area contributed by atoms with Crippen molar-refractivity contribution in [1.29, 1.82) is 0 Å². The highest BCUT2D eigenvalue weighted by atomic mass is 32.2. The highest BCUT2D eigenvalue weighted by Crippen LogP contribution is 2.32. The van der Waals surface area contributed by atoms with Gasteiger partial charge in [-0.15, -0.1) is 0 Å². The first-order valence-electron chi connectivity index (χ1n) is 7.91. The molecule has 0 saturated carbocycles. The molecule has 1 fully saturated rings. The number of nitrogens with zero attached hydrogens (tertiary/aromatic N) is 3. The van der Waals surface area contributed by atoms with E-state index in [-0.39, 0.29) is 5.91 Å². The van der Waals surface area contributed by atoms with E-state index in [4.69, 9.17) is 0 Å². The molecule has 1 aromatic carbocycles. The van der Waals surface area contributed by atoms with Crippen LogP contribution in [0.15, 0.2) is 46.7 Å². The van der Waals surface area contributed by atoms with Crippen LogP contribution in [-0.4, -0.2) is 39.5 Å². The van der Waals surface area contributed by atoms with Crippen molar-refractivity contribution in [1.82, 2.24) is 14.5 Å². The van der Waals surface area contributed by atoms with Gasteiger partial charge in [-0.25, -0.2) is 4.98 Å². The molecule has 2 aromatic rings. The molecule has 1 saturated heterocycles. The second-order valence-electron chi connectivity index (χ2n) is 5.93. The third kappa shape index (κ3) is 3.95. The van der Waals surface area contributed by atoms with Gasteiger partial charge >= 0.3 is 0 Å². The average molecular weight is 330 g/mol. The van der Waals surface area contributed by atoms with Crippen LogP contribution in [0, 0.1) is 0 Å². The van der Waals surface area contributed by atoms with E-state index in [9.17, 15) is 4.79 Å². The van der Waals surface area contributed by atoms with Gasteiger partial charge in [0.2, 0.25) is 5.91 Å². The van der Waals surface area contributed by atoms with Crippen LogP contribution in [-0.2, 0) is 11.8 Å². The number of benzene rings is 1. The highest BCUT2D eigenvalue weighted by molar-refractivity contribution is 7.99. The predicted octanol–water partition coefficient (Wildman–Crippen LogP) is 2.99. The first kappa shape index (κ1) is 16.1. The van der Waals surface area contributed by atoms with E-state index in [1.54, 1.807) is 18.0 Å². The fourth-order valence-corrected chi connectivity index (χ4v) is 3.70. The Balaban J connectivity index is 1.68. The topological polar surface area (TPSA) is 50.2 Å². The molecule has 1 aliphatic rings. The molecule has 6 heteroatoms. The Morgan fingerprint density at radius 3 is 2.96 bits per heavy atom. The van der Waals surface area contributed by atoms with Gasteiger partial charge in [0.15, 0.2) is 5.16 Å². The van der Waals surface area contributed by atoms with Gasteiger partial charge in [-0.2, -0.15) is 0 Å². The first-order chi connectivity index (χ1) is 11.1. The summed E-state index contributed by atoms with van der Waals surface area (Å²) in [6, 6.07) is 8.36. The molecule has 122 valence electrons. The standard InChI is InChI=1S/C17H22N4OS/c1-13-6-5-10-21(13)12-16(22)19-14-7-3-4-8-15(14)23-17-18-9-11-20(17)2/h3-4,7-9,11,13H,5-6,10,12H2,1-2H3,(H,19,22)/t13-/m0/s1. The van der Waals surface area contributed by atoms with Crippen LogP contribution in [0.3, 0.4) is 0 Å². The molecule has 2 heterocycles. The number of aromatic nitrogens is 2. The second-order valence-corrected chi connectivity index (χ2v) is 6.94. The number of anilines is 1. The molecule has 1 amide bonds. The van der Waals surface area contributed by atoms with E-state index >= 15 is 0 Å². The summed E-state index contributed by atoms with van der Waals surface area (Å²) in [5, 5.41) is 3.95. The van der Waals surface area contributed by atoms with Gasteiger partial charge in [0.25, 0.3) is 0 Å². The fourth-order valence-electron chi connectivity index (χ4n) is 2.81. The smallest absolute Gasteiger partial charge is 0.238 e. The van der Waals surface area contributed by atoms with Crippen molar-refractivity contribution in [3.05, 3.63) is 36.7 Å². The Morgan fingerprint density at radius 1 is 1.43 bits per heavy atom. The van der Waals surface area contributed by atoms with Crippen LogP contribution in [0.5, 0.6) is 0 Å². The normalized spacial score (nSPS) is 18.3. The number of rotatable bonds is 5. The second kappa shape index (κ2) is 7.19. The zero-order valence-electron chi connectivity index (χ0n) is 13.5. The molecule has 1 aliphatic heterocycles. The Kier molecular flexibility index (Phi) is 5.03. The highest BCUT2D eigenvalue weighted by Gasteiger charge is 2.22. The summed E-state index contributed by atoms with van der Waals surface area (Å²) < 4.78 is 1.97. The minimum Gasteiger partial charge on any atom is -0.329 e. The van der Waals surface area contributed by atoms with Gasteiger partial charge in [-0.05, 0) is 50.2 Å². The van der Waals surface area contributed by atoms with Gasteiger partial charge in [-0.3, -0.25) is 9.69 Å². The molecule has 0 bridgehead atoms. The summed E-state index contributed by atoms with van der Waals surface area (Å²) in [5.74, 6) is 0.0478. The summed E-state index contributed by atoms with van der Waals surface area (Å²) in [4.78, 5) is 19.9. The molecule has 1 N–H and O–H groups in total. The molecule has 0 radical (unpaired) electrons. The van der Waals surface area contributed by atoms with E-state index in [0.29, 0.717) is 12.6 Å². The summed E-state index contributed by atoms with van der Waals surface area (Å²) in [6.07, 6.45) is 6.05. The molecule has 3 rings (SSSR count). The lowest BCUT2D eigenvalue weighted by atomic mass is 10.2. The van der Waals surface area contributed by atoms with E-state index in [0.717, 1.165) is 22.3 Å². The molecular formula is C17H22N4OS. The Bertz CT molecular complexity index is 685. The van der Waals surface area contributed by atoms with Gasteiger partial charge in [0, 0.05) is 30.4 Å². The lowest BCUT2D eigenvalue weighted by Gasteiger charge is -2.20. The molecule has 0 aliphatic carbocycles. The predicted molar refractivity (Wildman–Crippen MR) is 92.7 cm³/mol. The monoisotopic (exact) mass is 330 g/mol. The van der Waals surface area contributed by atoms with Crippen molar-refractivity contribution in [2.24, 2.45) is 7.05 Å². The number of para-hydroxylation sites is 1. The SMILES string of the molecule is C[C@H]1CCCN1CC(=O)Nc1ccccc1Sc1nccn1C. The summed E-state index contributed by atoms with van der Waals surface area (Å²) >= 11 is 1.56. The van der Waals surface area contributed by atoms with Crippen LogP contribution in [0.25, 0.3) is 0 Å². The molecular weight excluding hydrogens is 308 g/mol. The lowest BCUT2D eigenvalue weighted by Crippen LogP contribution is -2.35. The number of imidazole rings is 1. The van der Waals surface area contributed by atoms with Crippen molar-refractivity contribution in [2.75, 3.05) is 18.4 Å². The molecule has 1 atom stereocenters. The lowest BCUT2D eigenvalue weighted by molar-refractivity contribution is -0.117. The van der Waals surface area contributed by atoms with Crippen LogP contribution < -0.4 is 5.32 Å². The number of likely N-dealkylation sites (tertiary alicyclic amines) is 1. The van der Waals surface area contributed by atoms with Crippen LogP contribution >= 0.6 is 11.8 Å². The van der Waals surface area contributed by atoms with Crippen molar-refractivity contribution < 1.29 is 4.79 Å². The minimum atomic E-state index is 0.0478. The summed E-state index contributed by atoms with van der Waals surface area (Å²) in [5.41, 5.74) is 0.845. The number of nitrogens with one attached hydrogen (secondary N) is 1. The van der Waals surface area contributed by atoms with Crippen LogP contribution in [0.2, 0.25) is 0 Å². The number of carbonyl (C=O) groups excluding carboxylic acids is 1. The van der Waals surface area contributed by atoms with Gasteiger partial charge in [-0.1, -0.05) is 12.1 Å². The Hall–Kier alpha value is -1.79. The summed E-state index contributed by atoms with van der Waals surface area (Å²) in [6.45, 7) is 3.66. The van der Waals surface area contributed by atoms with Crippen LogP contribution in [0.4, 0.5) is 5.69 Å². The quantitative estimate of drug-likeness (QED) is 0.916. The number of amides is 1. The Morgan fingerprint density at radius 2 is 2.26 bits per heavy atom. The zero-order chi connectivity index (χ0) is 16.2. The van der Waals surface area contributed by atoms with Gasteiger partial charge in [0.1, 0.15) is 0 Å². The summed E-state index contributed by atoms with van der Waals surface area (Å²) in [7, 11) is 1.96. The zero-order valence-corrected chi connectivity index (χ0v) is 14.3. The minimum absolute atomic E-state index is 0.0478. The fraction of sp³-hybridized carbons (Fsp3) is 0.412. The number of carbonyl (C=O) groups is 1. The van der Waals surface area contributed by atoms with E-state index in [1.165, 1.54) is 12.8 Å². The van der Waals surface area contributed by atoms with Crippen molar-refractivity contribution in [3.8, 4) is 0 Å². The first-order valence-corrected chi connectivity index (χ1v) is 8.73. The average Bonchev–Trinajstić information content (AvgIpc) is 3.11. The molecule has 0 unspecified atom stereocenters. The number of hydrogen-bond donors (Lipinski definition) is 1. The molecule has 0 spiro atoms. The maximum Gasteiger partial charge on any atom is 0.238 e. The molecule has 5 nitrogen and oxygen atoms in total. The van der Waals surface area contributed by atoms with Crippen LogP contribution in [0.1, 0.15) is 19.8 Å². The molecule has 23 heavy (non-hydrogen) atoms. The maximum absolute atomic E-state index is 12.4. The van der Waals surface area contributed by atoms with E-state index in [2.05, 4.69) is 22.1 Å². The number of hydrogen-bond acceptors (Lipinski definition) is 4. The van der Waals surface area contributed by atoms with Crippen molar-refractivity contribution >= 4 is 23.4 Å². The van der Waals surface area contributed by atoms with Crippen molar-refractivity contribution in [3.63, 3.8) is 0 Å². The van der Waals surface area contributed by atoms with E-state index in [1.807, 2.05) is 42.1 Å². The number of aryl methyl sites for hydroxylation is 1. The Labute approximate surface area is 141 Å². The third-order valence-electron chi connectivity index (χ3n) is 4.18. The largest absolute Gasteiger partial charge is 0.329 e. The van der Waals surface area contributed by atoms with Gasteiger partial charge < -0.3 is 9.88 Å². The van der Waals surface area contributed by atoms with Gasteiger partial charge in [0.05, 0.1) is 12.2 Å². The third-order valence-corrected chi connectivity index (χ3v) is 5.33. The molecule has 1 aromatic heterocycles. The van der Waals surface area contributed by atoms with Crippen molar-refractivity contribution in [2.45, 2.75) is 35.9 Å². The maximum atomic E-state index is 12.4. The van der Waals surface area contributed by atoms with E-state index < -0.39 is 0 Å².